The van der Waals surface area contributed by atoms with Gasteiger partial charge in [-0.05, 0) is 49.9 Å². The molecular weight excluding hydrogens is 239 g/mol. The summed E-state index contributed by atoms with van der Waals surface area (Å²) in [5.41, 5.74) is 1.01. The summed E-state index contributed by atoms with van der Waals surface area (Å²) in [7, 11) is 0. The van der Waals surface area contributed by atoms with E-state index in [1.165, 1.54) is 25.3 Å². The number of benzene rings is 1. The second-order valence-electron chi connectivity index (χ2n) is 5.90. The Hall–Kier alpha value is -1.09. The van der Waals surface area contributed by atoms with Gasteiger partial charge in [0.25, 0.3) is 0 Å². The number of rotatable bonds is 5. The lowest BCUT2D eigenvalue weighted by Crippen LogP contribution is -2.46. The first-order chi connectivity index (χ1) is 9.15. The molecule has 1 unspecified atom stereocenters. The summed E-state index contributed by atoms with van der Waals surface area (Å²) < 4.78 is 13.3. The zero-order chi connectivity index (χ0) is 13.7. The molecule has 1 saturated heterocycles. The fourth-order valence-electron chi connectivity index (χ4n) is 2.63. The highest BCUT2D eigenvalue weighted by Crippen LogP contribution is 2.20. The van der Waals surface area contributed by atoms with Crippen molar-refractivity contribution >= 4 is 5.69 Å². The van der Waals surface area contributed by atoms with Gasteiger partial charge in [0.2, 0.25) is 0 Å². The van der Waals surface area contributed by atoms with Crippen molar-refractivity contribution in [3.05, 3.63) is 30.1 Å². The Bertz CT molecular complexity index is 392. The SMILES string of the molecule is CC(C)CCNC1CCCN(c2cccc(F)c2)C1. The second-order valence-corrected chi connectivity index (χ2v) is 5.90. The van der Waals surface area contributed by atoms with Crippen molar-refractivity contribution in [3.8, 4) is 0 Å². The normalized spacial score (nSPS) is 20.0. The van der Waals surface area contributed by atoms with E-state index >= 15 is 0 Å². The molecule has 2 rings (SSSR count). The maximum Gasteiger partial charge on any atom is 0.125 e. The monoisotopic (exact) mass is 264 g/mol. The maximum absolute atomic E-state index is 13.3. The van der Waals surface area contributed by atoms with Crippen LogP contribution in [0.25, 0.3) is 0 Å². The van der Waals surface area contributed by atoms with E-state index in [0.717, 1.165) is 31.2 Å². The third-order valence-corrected chi connectivity index (χ3v) is 3.75. The molecule has 1 aromatic rings. The van der Waals surface area contributed by atoms with E-state index in [1.54, 1.807) is 12.1 Å². The van der Waals surface area contributed by atoms with Gasteiger partial charge in [-0.2, -0.15) is 0 Å². The molecular formula is C16H25FN2. The summed E-state index contributed by atoms with van der Waals surface area (Å²) in [6.45, 7) is 7.61. The topological polar surface area (TPSA) is 15.3 Å². The van der Waals surface area contributed by atoms with Crippen LogP contribution in [0.5, 0.6) is 0 Å². The average molecular weight is 264 g/mol. The Morgan fingerprint density at radius 3 is 3.00 bits per heavy atom. The van der Waals surface area contributed by atoms with Crippen molar-refractivity contribution in [2.75, 3.05) is 24.5 Å². The second kappa shape index (κ2) is 6.90. The minimum absolute atomic E-state index is 0.146. The van der Waals surface area contributed by atoms with Crippen LogP contribution in [0.15, 0.2) is 24.3 Å². The Balaban J connectivity index is 1.86. The molecule has 1 aromatic carbocycles. The summed E-state index contributed by atoms with van der Waals surface area (Å²) >= 11 is 0. The Kier molecular flexibility index (Phi) is 5.20. The van der Waals surface area contributed by atoms with Crippen molar-refractivity contribution in [3.63, 3.8) is 0 Å². The van der Waals surface area contributed by atoms with E-state index in [0.29, 0.717) is 6.04 Å². The molecule has 1 heterocycles. The van der Waals surface area contributed by atoms with Gasteiger partial charge in [-0.25, -0.2) is 4.39 Å². The molecule has 2 nitrogen and oxygen atoms in total. The summed E-state index contributed by atoms with van der Waals surface area (Å²) in [5.74, 6) is 0.600. The molecule has 19 heavy (non-hydrogen) atoms. The standard InChI is InChI=1S/C16H25FN2/c1-13(2)8-9-18-15-6-4-10-19(12-15)16-7-3-5-14(17)11-16/h3,5,7,11,13,15,18H,4,6,8-10,12H2,1-2H3. The van der Waals surface area contributed by atoms with E-state index < -0.39 is 0 Å². The summed E-state index contributed by atoms with van der Waals surface area (Å²) in [4.78, 5) is 2.29. The molecule has 0 bridgehead atoms. The van der Waals surface area contributed by atoms with Crippen molar-refractivity contribution in [1.29, 1.82) is 0 Å². The molecule has 0 aromatic heterocycles. The highest BCUT2D eigenvalue weighted by molar-refractivity contribution is 5.47. The zero-order valence-corrected chi connectivity index (χ0v) is 12.0. The number of nitrogens with zero attached hydrogens (tertiary/aromatic N) is 1. The summed E-state index contributed by atoms with van der Waals surface area (Å²) in [6.07, 6.45) is 3.62. The van der Waals surface area contributed by atoms with Gasteiger partial charge >= 0.3 is 0 Å². The number of nitrogens with one attached hydrogen (secondary N) is 1. The van der Waals surface area contributed by atoms with E-state index in [9.17, 15) is 4.39 Å². The molecule has 0 saturated carbocycles. The van der Waals surface area contributed by atoms with Gasteiger partial charge < -0.3 is 10.2 Å². The van der Waals surface area contributed by atoms with Crippen molar-refractivity contribution in [1.82, 2.24) is 5.32 Å². The van der Waals surface area contributed by atoms with Crippen LogP contribution in [0.3, 0.4) is 0 Å². The van der Waals surface area contributed by atoms with E-state index in [2.05, 4.69) is 24.1 Å². The lowest BCUT2D eigenvalue weighted by atomic mass is 10.0. The number of halogens is 1. The third kappa shape index (κ3) is 4.50. The predicted octanol–water partition coefficient (Wildman–Crippen LogP) is 3.43. The molecule has 1 atom stereocenters. The molecule has 1 fully saturated rings. The predicted molar refractivity (Wildman–Crippen MR) is 79.1 cm³/mol. The first-order valence-corrected chi connectivity index (χ1v) is 7.39. The van der Waals surface area contributed by atoms with Crippen LogP contribution in [0.2, 0.25) is 0 Å². The van der Waals surface area contributed by atoms with Crippen LogP contribution >= 0.6 is 0 Å². The highest BCUT2D eigenvalue weighted by atomic mass is 19.1. The van der Waals surface area contributed by atoms with Crippen LogP contribution in [-0.4, -0.2) is 25.7 Å². The number of hydrogen-bond donors (Lipinski definition) is 1. The Morgan fingerprint density at radius 1 is 1.42 bits per heavy atom. The van der Waals surface area contributed by atoms with Crippen LogP contribution in [0, 0.1) is 11.7 Å². The zero-order valence-electron chi connectivity index (χ0n) is 12.0. The smallest absolute Gasteiger partial charge is 0.125 e. The summed E-state index contributed by atoms with van der Waals surface area (Å²) in [5, 5.41) is 3.63. The minimum atomic E-state index is -0.146. The lowest BCUT2D eigenvalue weighted by molar-refractivity contribution is 0.406. The lowest BCUT2D eigenvalue weighted by Gasteiger charge is -2.35. The van der Waals surface area contributed by atoms with Gasteiger partial charge in [-0.15, -0.1) is 0 Å². The first-order valence-electron chi connectivity index (χ1n) is 7.39. The minimum Gasteiger partial charge on any atom is -0.370 e. The average Bonchev–Trinajstić information content (AvgIpc) is 2.39. The Morgan fingerprint density at radius 2 is 2.26 bits per heavy atom. The molecule has 0 spiro atoms. The van der Waals surface area contributed by atoms with Gasteiger partial charge in [-0.1, -0.05) is 19.9 Å². The van der Waals surface area contributed by atoms with Gasteiger partial charge in [0.05, 0.1) is 0 Å². The molecule has 0 radical (unpaired) electrons. The van der Waals surface area contributed by atoms with E-state index in [1.807, 2.05) is 6.07 Å². The van der Waals surface area contributed by atoms with Gasteiger partial charge in [-0.3, -0.25) is 0 Å². The van der Waals surface area contributed by atoms with Crippen molar-refractivity contribution in [2.24, 2.45) is 5.92 Å². The number of hydrogen-bond acceptors (Lipinski definition) is 2. The molecule has 1 aliphatic rings. The fourth-order valence-corrected chi connectivity index (χ4v) is 2.63. The fraction of sp³-hybridized carbons (Fsp3) is 0.625. The van der Waals surface area contributed by atoms with E-state index in [4.69, 9.17) is 0 Å². The quantitative estimate of drug-likeness (QED) is 0.876. The van der Waals surface area contributed by atoms with Crippen molar-refractivity contribution < 1.29 is 4.39 Å². The highest BCUT2D eigenvalue weighted by Gasteiger charge is 2.19. The van der Waals surface area contributed by atoms with Gasteiger partial charge in [0, 0.05) is 24.8 Å². The summed E-state index contributed by atoms with van der Waals surface area (Å²) in [6, 6.07) is 7.47. The molecule has 0 aliphatic carbocycles. The van der Waals surface area contributed by atoms with Gasteiger partial charge in [0.15, 0.2) is 0 Å². The van der Waals surface area contributed by atoms with Crippen molar-refractivity contribution in [2.45, 2.75) is 39.2 Å². The molecule has 106 valence electrons. The van der Waals surface area contributed by atoms with Crippen LogP contribution in [0.4, 0.5) is 10.1 Å². The Labute approximate surface area is 116 Å². The molecule has 0 amide bonds. The number of anilines is 1. The molecule has 1 aliphatic heterocycles. The maximum atomic E-state index is 13.3. The first kappa shape index (κ1) is 14.3. The number of piperidine rings is 1. The van der Waals surface area contributed by atoms with E-state index in [-0.39, 0.29) is 5.82 Å². The molecule has 3 heteroatoms. The van der Waals surface area contributed by atoms with Gasteiger partial charge in [0.1, 0.15) is 5.82 Å². The molecule has 1 N–H and O–H groups in total. The largest absolute Gasteiger partial charge is 0.370 e. The third-order valence-electron chi connectivity index (χ3n) is 3.75. The van der Waals surface area contributed by atoms with Crippen LogP contribution in [0.1, 0.15) is 33.1 Å². The van der Waals surface area contributed by atoms with Crippen LogP contribution in [-0.2, 0) is 0 Å². The van der Waals surface area contributed by atoms with Crippen LogP contribution < -0.4 is 10.2 Å².